The SMILES string of the molecule is CCCNCC(=O)N1CCC(CCC(=O)O)CC1. The van der Waals surface area contributed by atoms with Crippen LogP contribution in [-0.4, -0.2) is 48.1 Å². The zero-order valence-electron chi connectivity index (χ0n) is 11.2. The summed E-state index contributed by atoms with van der Waals surface area (Å²) in [6, 6.07) is 0. The van der Waals surface area contributed by atoms with Gasteiger partial charge in [0.1, 0.15) is 0 Å². The fraction of sp³-hybridized carbons (Fsp3) is 0.846. The molecule has 1 aliphatic rings. The third-order valence-electron chi connectivity index (χ3n) is 3.44. The molecule has 0 aromatic heterocycles. The molecule has 1 heterocycles. The molecule has 0 spiro atoms. The van der Waals surface area contributed by atoms with Gasteiger partial charge in [-0.15, -0.1) is 0 Å². The van der Waals surface area contributed by atoms with Crippen molar-refractivity contribution in [3.63, 3.8) is 0 Å². The molecule has 0 aliphatic carbocycles. The normalized spacial score (nSPS) is 16.8. The zero-order valence-corrected chi connectivity index (χ0v) is 11.2. The minimum absolute atomic E-state index is 0.167. The first-order valence-electron chi connectivity index (χ1n) is 6.83. The van der Waals surface area contributed by atoms with Crippen LogP contribution >= 0.6 is 0 Å². The smallest absolute Gasteiger partial charge is 0.303 e. The van der Waals surface area contributed by atoms with E-state index in [0.717, 1.165) is 45.3 Å². The number of nitrogens with one attached hydrogen (secondary N) is 1. The van der Waals surface area contributed by atoms with Gasteiger partial charge in [-0.05, 0) is 38.1 Å². The molecule has 1 aliphatic heterocycles. The van der Waals surface area contributed by atoms with Crippen LogP contribution in [0.15, 0.2) is 0 Å². The van der Waals surface area contributed by atoms with E-state index in [0.29, 0.717) is 12.5 Å². The van der Waals surface area contributed by atoms with Crippen molar-refractivity contribution in [2.45, 2.75) is 39.0 Å². The van der Waals surface area contributed by atoms with Crippen LogP contribution in [0.3, 0.4) is 0 Å². The lowest BCUT2D eigenvalue weighted by Crippen LogP contribution is -2.43. The fourth-order valence-electron chi connectivity index (χ4n) is 2.28. The molecule has 0 radical (unpaired) electrons. The summed E-state index contributed by atoms with van der Waals surface area (Å²) in [5.41, 5.74) is 0. The molecule has 0 aromatic rings. The summed E-state index contributed by atoms with van der Waals surface area (Å²) in [5, 5.41) is 11.7. The van der Waals surface area contributed by atoms with Crippen molar-refractivity contribution < 1.29 is 14.7 Å². The standard InChI is InChI=1S/C13H24N2O3/c1-2-7-14-10-12(16)15-8-5-11(6-9-15)3-4-13(17)18/h11,14H,2-10H2,1H3,(H,17,18). The molecule has 0 unspecified atom stereocenters. The van der Waals surface area contributed by atoms with Crippen LogP contribution in [0.5, 0.6) is 0 Å². The number of hydrogen-bond acceptors (Lipinski definition) is 3. The van der Waals surface area contributed by atoms with Crippen molar-refractivity contribution in [3.05, 3.63) is 0 Å². The quantitative estimate of drug-likeness (QED) is 0.669. The zero-order chi connectivity index (χ0) is 13.4. The van der Waals surface area contributed by atoms with E-state index in [1.165, 1.54) is 0 Å². The van der Waals surface area contributed by atoms with E-state index in [4.69, 9.17) is 5.11 Å². The topological polar surface area (TPSA) is 69.6 Å². The number of carbonyl (C=O) groups excluding carboxylic acids is 1. The van der Waals surface area contributed by atoms with Crippen molar-refractivity contribution in [2.24, 2.45) is 5.92 Å². The lowest BCUT2D eigenvalue weighted by Gasteiger charge is -2.32. The van der Waals surface area contributed by atoms with Crippen LogP contribution in [0.25, 0.3) is 0 Å². The average Bonchev–Trinajstić information content (AvgIpc) is 2.37. The molecule has 1 fully saturated rings. The Kier molecular flexibility index (Phi) is 6.72. The highest BCUT2D eigenvalue weighted by molar-refractivity contribution is 5.78. The molecule has 0 aromatic carbocycles. The summed E-state index contributed by atoms with van der Waals surface area (Å²) in [6.45, 7) is 4.92. The van der Waals surface area contributed by atoms with Gasteiger partial charge < -0.3 is 15.3 Å². The van der Waals surface area contributed by atoms with Crippen LogP contribution in [0.4, 0.5) is 0 Å². The second kappa shape index (κ2) is 8.08. The van der Waals surface area contributed by atoms with Crippen LogP contribution in [0, 0.1) is 5.92 Å². The second-order valence-corrected chi connectivity index (χ2v) is 4.93. The third-order valence-corrected chi connectivity index (χ3v) is 3.44. The van der Waals surface area contributed by atoms with E-state index in [1.807, 2.05) is 4.90 Å². The van der Waals surface area contributed by atoms with Gasteiger partial charge in [0.05, 0.1) is 6.54 Å². The molecule has 1 rings (SSSR count). The molecule has 18 heavy (non-hydrogen) atoms. The predicted molar refractivity (Wildman–Crippen MR) is 69.3 cm³/mol. The summed E-state index contributed by atoms with van der Waals surface area (Å²) >= 11 is 0. The molecule has 0 saturated carbocycles. The Morgan fingerprint density at radius 3 is 2.56 bits per heavy atom. The number of aliphatic carboxylic acids is 1. The molecule has 1 saturated heterocycles. The van der Waals surface area contributed by atoms with Crippen molar-refractivity contribution >= 4 is 11.9 Å². The summed E-state index contributed by atoms with van der Waals surface area (Å²) in [4.78, 5) is 24.2. The number of carboxylic acid groups (broad SMARTS) is 1. The van der Waals surface area contributed by atoms with Crippen molar-refractivity contribution in [3.8, 4) is 0 Å². The molecule has 0 atom stereocenters. The first-order valence-corrected chi connectivity index (χ1v) is 6.83. The van der Waals surface area contributed by atoms with E-state index < -0.39 is 5.97 Å². The summed E-state index contributed by atoms with van der Waals surface area (Å²) < 4.78 is 0. The Morgan fingerprint density at radius 1 is 1.33 bits per heavy atom. The maximum absolute atomic E-state index is 11.8. The van der Waals surface area contributed by atoms with Gasteiger partial charge in [0.25, 0.3) is 0 Å². The fourth-order valence-corrected chi connectivity index (χ4v) is 2.28. The third kappa shape index (κ3) is 5.49. The van der Waals surface area contributed by atoms with Crippen LogP contribution in [0.1, 0.15) is 39.0 Å². The average molecular weight is 256 g/mol. The van der Waals surface area contributed by atoms with Crippen LogP contribution in [-0.2, 0) is 9.59 Å². The molecule has 2 N–H and O–H groups in total. The maximum atomic E-state index is 11.8. The molecule has 5 nitrogen and oxygen atoms in total. The molecule has 5 heteroatoms. The highest BCUT2D eigenvalue weighted by atomic mass is 16.4. The van der Waals surface area contributed by atoms with Gasteiger partial charge >= 0.3 is 5.97 Å². The van der Waals surface area contributed by atoms with Gasteiger partial charge in [-0.3, -0.25) is 9.59 Å². The molecule has 104 valence electrons. The number of amides is 1. The number of carbonyl (C=O) groups is 2. The first-order chi connectivity index (χ1) is 8.63. The molecule has 1 amide bonds. The number of likely N-dealkylation sites (tertiary alicyclic amines) is 1. The van der Waals surface area contributed by atoms with Gasteiger partial charge in [0.15, 0.2) is 0 Å². The van der Waals surface area contributed by atoms with E-state index in [1.54, 1.807) is 0 Å². The second-order valence-electron chi connectivity index (χ2n) is 4.93. The summed E-state index contributed by atoms with van der Waals surface area (Å²) in [7, 11) is 0. The maximum Gasteiger partial charge on any atom is 0.303 e. The van der Waals surface area contributed by atoms with Crippen LogP contribution in [0.2, 0.25) is 0 Å². The Morgan fingerprint density at radius 2 is 2.00 bits per heavy atom. The highest BCUT2D eigenvalue weighted by Crippen LogP contribution is 2.21. The monoisotopic (exact) mass is 256 g/mol. The van der Waals surface area contributed by atoms with E-state index in [2.05, 4.69) is 12.2 Å². The van der Waals surface area contributed by atoms with Gasteiger partial charge in [-0.1, -0.05) is 6.92 Å². The molecular formula is C13H24N2O3. The minimum Gasteiger partial charge on any atom is -0.481 e. The van der Waals surface area contributed by atoms with Crippen molar-refractivity contribution in [1.29, 1.82) is 0 Å². The van der Waals surface area contributed by atoms with Crippen LogP contribution < -0.4 is 5.32 Å². The summed E-state index contributed by atoms with van der Waals surface area (Å²) in [6.07, 6.45) is 3.90. The number of nitrogens with zero attached hydrogens (tertiary/aromatic N) is 1. The predicted octanol–water partition coefficient (Wildman–Crippen LogP) is 1.09. The lowest BCUT2D eigenvalue weighted by molar-refractivity contribution is -0.138. The Hall–Kier alpha value is -1.10. The minimum atomic E-state index is -0.725. The molecular weight excluding hydrogens is 232 g/mol. The summed E-state index contributed by atoms with van der Waals surface area (Å²) in [5.74, 6) is -0.0915. The van der Waals surface area contributed by atoms with Gasteiger partial charge in [0, 0.05) is 19.5 Å². The van der Waals surface area contributed by atoms with Crippen molar-refractivity contribution in [1.82, 2.24) is 10.2 Å². The van der Waals surface area contributed by atoms with Gasteiger partial charge in [-0.2, -0.15) is 0 Å². The first kappa shape index (κ1) is 15.0. The Bertz CT molecular complexity index is 273. The Balaban J connectivity index is 2.17. The number of hydrogen-bond donors (Lipinski definition) is 2. The van der Waals surface area contributed by atoms with E-state index in [-0.39, 0.29) is 12.3 Å². The number of rotatable bonds is 7. The largest absolute Gasteiger partial charge is 0.481 e. The lowest BCUT2D eigenvalue weighted by atomic mass is 9.92. The number of carboxylic acids is 1. The van der Waals surface area contributed by atoms with Gasteiger partial charge in [0.2, 0.25) is 5.91 Å². The number of piperidine rings is 1. The molecule has 0 bridgehead atoms. The van der Waals surface area contributed by atoms with Crippen molar-refractivity contribution in [2.75, 3.05) is 26.2 Å². The van der Waals surface area contributed by atoms with E-state index in [9.17, 15) is 9.59 Å². The highest BCUT2D eigenvalue weighted by Gasteiger charge is 2.22. The van der Waals surface area contributed by atoms with Gasteiger partial charge in [-0.25, -0.2) is 0 Å². The van der Waals surface area contributed by atoms with E-state index >= 15 is 0 Å². The Labute approximate surface area is 109 Å².